The molecular weight excluding hydrogens is 398 g/mol. The normalized spacial score (nSPS) is 18.8. The number of ether oxygens (including phenoxy) is 1. The fourth-order valence-corrected chi connectivity index (χ4v) is 4.38. The molecule has 2 heterocycles. The number of aromatic nitrogens is 1. The van der Waals surface area contributed by atoms with E-state index in [-0.39, 0.29) is 24.0 Å². The highest BCUT2D eigenvalue weighted by Gasteiger charge is 2.28. The number of thiazole rings is 1. The maximum absolute atomic E-state index is 13.1. The van der Waals surface area contributed by atoms with Gasteiger partial charge in [0.15, 0.2) is 0 Å². The van der Waals surface area contributed by atoms with Gasteiger partial charge in [0.05, 0.1) is 23.5 Å². The van der Waals surface area contributed by atoms with Gasteiger partial charge in [0, 0.05) is 24.0 Å². The molecule has 1 N–H and O–H groups in total. The van der Waals surface area contributed by atoms with E-state index in [1.807, 2.05) is 44.2 Å². The van der Waals surface area contributed by atoms with Gasteiger partial charge in [-0.05, 0) is 26.0 Å². The van der Waals surface area contributed by atoms with E-state index >= 15 is 0 Å². The van der Waals surface area contributed by atoms with Gasteiger partial charge >= 0.3 is 0 Å². The predicted octanol–water partition coefficient (Wildman–Crippen LogP) is 4.31. The van der Waals surface area contributed by atoms with Crippen LogP contribution in [0.5, 0.6) is 0 Å². The fraction of sp³-hybridized carbons (Fsp3) is 0.261. The monoisotopic (exact) mass is 421 g/mol. The molecule has 4 rings (SSSR count). The number of morpholine rings is 1. The standard InChI is InChI=1S/C23H23N3O3S/c1-15-12-26(13-16(2)29-15)23(28)18-10-6-7-11-19(18)24-21(27)20-14-30-22(25-20)17-8-4-3-5-9-17/h3-11,14-16H,12-13H2,1-2H3,(H,24,27)/t15-,16-/m0/s1. The molecule has 7 heteroatoms. The molecule has 0 radical (unpaired) electrons. The summed E-state index contributed by atoms with van der Waals surface area (Å²) in [5.41, 5.74) is 2.24. The molecular formula is C23H23N3O3S. The molecule has 2 atom stereocenters. The fourth-order valence-electron chi connectivity index (χ4n) is 3.57. The van der Waals surface area contributed by atoms with Crippen molar-refractivity contribution in [3.63, 3.8) is 0 Å². The molecule has 154 valence electrons. The number of rotatable bonds is 4. The molecule has 1 aliphatic heterocycles. The second-order valence-electron chi connectivity index (χ2n) is 7.37. The maximum atomic E-state index is 13.1. The molecule has 1 aliphatic rings. The quantitative estimate of drug-likeness (QED) is 0.681. The summed E-state index contributed by atoms with van der Waals surface area (Å²) < 4.78 is 5.72. The number of hydrogen-bond acceptors (Lipinski definition) is 5. The molecule has 0 bridgehead atoms. The molecule has 0 unspecified atom stereocenters. The van der Waals surface area contributed by atoms with E-state index in [0.717, 1.165) is 10.6 Å². The SMILES string of the molecule is C[C@H]1CN(C(=O)c2ccccc2NC(=O)c2csc(-c3ccccc3)n2)C[C@H](C)O1. The number of carbonyl (C=O) groups excluding carboxylic acids is 2. The first-order valence-electron chi connectivity index (χ1n) is 9.87. The van der Waals surface area contributed by atoms with Crippen molar-refractivity contribution in [2.24, 2.45) is 0 Å². The van der Waals surface area contributed by atoms with Crippen LogP contribution in [0.1, 0.15) is 34.7 Å². The Hall–Kier alpha value is -3.03. The van der Waals surface area contributed by atoms with Gasteiger partial charge < -0.3 is 15.0 Å². The molecule has 1 aromatic heterocycles. The largest absolute Gasteiger partial charge is 0.372 e. The third-order valence-corrected chi connectivity index (χ3v) is 5.76. The molecule has 2 amide bonds. The van der Waals surface area contributed by atoms with Crippen molar-refractivity contribution in [2.75, 3.05) is 18.4 Å². The van der Waals surface area contributed by atoms with Crippen molar-refractivity contribution in [3.05, 3.63) is 71.2 Å². The van der Waals surface area contributed by atoms with Crippen LogP contribution >= 0.6 is 11.3 Å². The van der Waals surface area contributed by atoms with Crippen LogP contribution in [0.2, 0.25) is 0 Å². The van der Waals surface area contributed by atoms with E-state index in [1.54, 1.807) is 34.5 Å². The van der Waals surface area contributed by atoms with E-state index < -0.39 is 0 Å². The van der Waals surface area contributed by atoms with E-state index in [9.17, 15) is 9.59 Å². The van der Waals surface area contributed by atoms with Gasteiger partial charge in [0.2, 0.25) is 0 Å². The minimum Gasteiger partial charge on any atom is -0.372 e. The van der Waals surface area contributed by atoms with Gasteiger partial charge in [-0.3, -0.25) is 9.59 Å². The topological polar surface area (TPSA) is 71.5 Å². The summed E-state index contributed by atoms with van der Waals surface area (Å²) in [6.07, 6.45) is -0.0447. The van der Waals surface area contributed by atoms with Gasteiger partial charge in [-0.25, -0.2) is 4.98 Å². The van der Waals surface area contributed by atoms with Crippen LogP contribution < -0.4 is 5.32 Å². The highest BCUT2D eigenvalue weighted by atomic mass is 32.1. The maximum Gasteiger partial charge on any atom is 0.275 e. The predicted molar refractivity (Wildman–Crippen MR) is 118 cm³/mol. The van der Waals surface area contributed by atoms with Crippen molar-refractivity contribution in [1.29, 1.82) is 0 Å². The molecule has 30 heavy (non-hydrogen) atoms. The Morgan fingerprint density at radius 1 is 1.03 bits per heavy atom. The average molecular weight is 422 g/mol. The van der Waals surface area contributed by atoms with Crippen LogP contribution in [-0.2, 0) is 4.74 Å². The molecule has 6 nitrogen and oxygen atoms in total. The number of amides is 2. The van der Waals surface area contributed by atoms with Crippen molar-refractivity contribution in [2.45, 2.75) is 26.1 Å². The zero-order valence-corrected chi connectivity index (χ0v) is 17.7. The van der Waals surface area contributed by atoms with Gasteiger partial charge in [-0.1, -0.05) is 42.5 Å². The Bertz CT molecular complexity index is 1040. The number of benzene rings is 2. The number of carbonyl (C=O) groups is 2. The van der Waals surface area contributed by atoms with Crippen LogP contribution in [0.4, 0.5) is 5.69 Å². The highest BCUT2D eigenvalue weighted by molar-refractivity contribution is 7.13. The number of nitrogens with one attached hydrogen (secondary N) is 1. The Morgan fingerprint density at radius 3 is 2.43 bits per heavy atom. The minimum absolute atomic E-state index is 0.0223. The zero-order valence-electron chi connectivity index (χ0n) is 16.9. The smallest absolute Gasteiger partial charge is 0.275 e. The van der Waals surface area contributed by atoms with E-state index in [0.29, 0.717) is 30.0 Å². The second kappa shape index (κ2) is 8.77. The minimum atomic E-state index is -0.336. The number of anilines is 1. The molecule has 0 aliphatic carbocycles. The van der Waals surface area contributed by atoms with Gasteiger partial charge in [0.25, 0.3) is 11.8 Å². The lowest BCUT2D eigenvalue weighted by molar-refractivity contribution is -0.0585. The Labute approximate surface area is 179 Å². The summed E-state index contributed by atoms with van der Waals surface area (Å²) in [6, 6.07) is 16.8. The van der Waals surface area contributed by atoms with Crippen molar-refractivity contribution < 1.29 is 14.3 Å². The first-order valence-corrected chi connectivity index (χ1v) is 10.8. The number of nitrogens with zero attached hydrogens (tertiary/aromatic N) is 2. The van der Waals surface area contributed by atoms with Gasteiger partial charge in [-0.2, -0.15) is 0 Å². The third kappa shape index (κ3) is 4.42. The van der Waals surface area contributed by atoms with Crippen LogP contribution in [0.25, 0.3) is 10.6 Å². The first-order chi connectivity index (χ1) is 14.5. The number of para-hydroxylation sites is 1. The molecule has 1 fully saturated rings. The lowest BCUT2D eigenvalue weighted by Crippen LogP contribution is -2.48. The number of hydrogen-bond donors (Lipinski definition) is 1. The average Bonchev–Trinajstić information content (AvgIpc) is 3.24. The summed E-state index contributed by atoms with van der Waals surface area (Å²) in [4.78, 5) is 32.2. The molecule has 3 aromatic rings. The highest BCUT2D eigenvalue weighted by Crippen LogP contribution is 2.25. The molecule has 0 saturated carbocycles. The summed E-state index contributed by atoms with van der Waals surface area (Å²) in [6.45, 7) is 4.96. The van der Waals surface area contributed by atoms with Gasteiger partial charge in [-0.15, -0.1) is 11.3 Å². The van der Waals surface area contributed by atoms with Gasteiger partial charge in [0.1, 0.15) is 10.7 Å². The summed E-state index contributed by atoms with van der Waals surface area (Å²) in [5, 5.41) is 5.37. The molecule has 1 saturated heterocycles. The van der Waals surface area contributed by atoms with Crippen molar-refractivity contribution in [3.8, 4) is 10.6 Å². The Kier molecular flexibility index (Phi) is 5.92. The van der Waals surface area contributed by atoms with Crippen molar-refractivity contribution in [1.82, 2.24) is 9.88 Å². The van der Waals surface area contributed by atoms with Crippen LogP contribution in [0.3, 0.4) is 0 Å². The van der Waals surface area contributed by atoms with E-state index in [2.05, 4.69) is 10.3 Å². The van der Waals surface area contributed by atoms with Crippen LogP contribution in [-0.4, -0.2) is 47.0 Å². The Morgan fingerprint density at radius 2 is 1.70 bits per heavy atom. The lowest BCUT2D eigenvalue weighted by Gasteiger charge is -2.35. The lowest BCUT2D eigenvalue weighted by atomic mass is 10.1. The summed E-state index contributed by atoms with van der Waals surface area (Å²) in [7, 11) is 0. The van der Waals surface area contributed by atoms with Crippen LogP contribution in [0.15, 0.2) is 60.0 Å². The van der Waals surface area contributed by atoms with Crippen LogP contribution in [0, 0.1) is 0 Å². The van der Waals surface area contributed by atoms with E-state index in [4.69, 9.17) is 4.74 Å². The Balaban J connectivity index is 1.52. The van der Waals surface area contributed by atoms with Crippen molar-refractivity contribution >= 4 is 28.8 Å². The zero-order chi connectivity index (χ0) is 21.1. The third-order valence-electron chi connectivity index (χ3n) is 4.87. The molecule has 0 spiro atoms. The summed E-state index contributed by atoms with van der Waals surface area (Å²) >= 11 is 1.41. The summed E-state index contributed by atoms with van der Waals surface area (Å²) in [5.74, 6) is -0.450. The second-order valence-corrected chi connectivity index (χ2v) is 8.23. The first kappa shape index (κ1) is 20.3. The van der Waals surface area contributed by atoms with E-state index in [1.165, 1.54) is 11.3 Å². The molecule has 2 aromatic carbocycles.